The zero-order chi connectivity index (χ0) is 19.7. The average Bonchev–Trinajstić information content (AvgIpc) is 2.80. The molecule has 4 unspecified atom stereocenters. The molecule has 0 amide bonds. The second-order valence-corrected chi connectivity index (χ2v) is 8.25. The molecule has 2 aliphatic heterocycles. The lowest BCUT2D eigenvalue weighted by Gasteiger charge is -2.49. The fourth-order valence-corrected chi connectivity index (χ4v) is 4.63. The van der Waals surface area contributed by atoms with E-state index in [1.54, 1.807) is 0 Å². The SMILES string of the molecule is CC12COC(c3ccccc3)N=C1CC(c1ccccc1)NC2c1ccccc1. The van der Waals surface area contributed by atoms with Crippen molar-refractivity contribution in [3.8, 4) is 0 Å². The largest absolute Gasteiger partial charge is 0.351 e. The Hall–Kier alpha value is -2.75. The van der Waals surface area contributed by atoms with Crippen LogP contribution in [0.1, 0.15) is 48.3 Å². The maximum absolute atomic E-state index is 6.30. The molecule has 2 aliphatic rings. The summed E-state index contributed by atoms with van der Waals surface area (Å²) in [6.07, 6.45) is 0.682. The van der Waals surface area contributed by atoms with Gasteiger partial charge in [0, 0.05) is 35.2 Å². The van der Waals surface area contributed by atoms with Gasteiger partial charge in [-0.05, 0) is 11.1 Å². The highest BCUT2D eigenvalue weighted by molar-refractivity contribution is 5.93. The van der Waals surface area contributed by atoms with Crippen LogP contribution in [0.5, 0.6) is 0 Å². The summed E-state index contributed by atoms with van der Waals surface area (Å²) in [4.78, 5) is 5.15. The summed E-state index contributed by atoms with van der Waals surface area (Å²) < 4.78 is 6.30. The van der Waals surface area contributed by atoms with Crippen molar-refractivity contribution in [2.45, 2.75) is 31.7 Å². The van der Waals surface area contributed by atoms with Crippen molar-refractivity contribution in [1.82, 2.24) is 5.32 Å². The van der Waals surface area contributed by atoms with Gasteiger partial charge in [0.2, 0.25) is 0 Å². The van der Waals surface area contributed by atoms with Crippen LogP contribution in [0.15, 0.2) is 96.0 Å². The van der Waals surface area contributed by atoms with Crippen molar-refractivity contribution in [3.63, 3.8) is 0 Å². The molecule has 5 rings (SSSR count). The molecule has 1 saturated heterocycles. The molecule has 1 N–H and O–H groups in total. The first-order valence-corrected chi connectivity index (χ1v) is 10.3. The van der Waals surface area contributed by atoms with Gasteiger partial charge in [0.1, 0.15) is 0 Å². The van der Waals surface area contributed by atoms with Gasteiger partial charge in [-0.1, -0.05) is 97.9 Å². The molecule has 3 aromatic carbocycles. The van der Waals surface area contributed by atoms with E-state index in [0.29, 0.717) is 6.61 Å². The number of fused-ring (bicyclic) bond motifs is 1. The minimum atomic E-state index is -0.217. The number of hydrogen-bond donors (Lipinski definition) is 1. The van der Waals surface area contributed by atoms with Crippen LogP contribution in [-0.2, 0) is 4.74 Å². The third kappa shape index (κ3) is 3.41. The van der Waals surface area contributed by atoms with Gasteiger partial charge in [0.05, 0.1) is 6.61 Å². The van der Waals surface area contributed by atoms with Crippen molar-refractivity contribution in [3.05, 3.63) is 108 Å². The molecule has 3 aromatic rings. The van der Waals surface area contributed by atoms with E-state index in [0.717, 1.165) is 12.0 Å². The van der Waals surface area contributed by atoms with Gasteiger partial charge in [0.25, 0.3) is 0 Å². The number of aliphatic imine (C=N–C) groups is 1. The standard InChI is InChI=1S/C26H26N2O/c1-26-18-29-25(21-15-9-4-10-16-21)28-23(26)17-22(19-11-5-2-6-12-19)27-24(26)20-13-7-3-8-14-20/h2-16,22,24-25,27H,17-18H2,1H3. The first kappa shape index (κ1) is 18.3. The number of benzene rings is 3. The third-order valence-corrected chi connectivity index (χ3v) is 6.30. The summed E-state index contributed by atoms with van der Waals surface area (Å²) >= 11 is 0. The van der Waals surface area contributed by atoms with Crippen LogP contribution in [0.2, 0.25) is 0 Å². The topological polar surface area (TPSA) is 33.6 Å². The Morgan fingerprint density at radius 1 is 0.793 bits per heavy atom. The zero-order valence-corrected chi connectivity index (χ0v) is 16.7. The highest BCUT2D eigenvalue weighted by atomic mass is 16.5. The molecule has 3 heteroatoms. The summed E-state index contributed by atoms with van der Waals surface area (Å²) in [5.74, 6) is 0. The number of nitrogens with one attached hydrogen (secondary N) is 1. The van der Waals surface area contributed by atoms with E-state index in [4.69, 9.17) is 9.73 Å². The van der Waals surface area contributed by atoms with E-state index in [1.807, 2.05) is 6.07 Å². The fourth-order valence-electron chi connectivity index (χ4n) is 4.63. The third-order valence-electron chi connectivity index (χ3n) is 6.30. The Labute approximate surface area is 172 Å². The van der Waals surface area contributed by atoms with Crippen molar-refractivity contribution < 1.29 is 4.74 Å². The van der Waals surface area contributed by atoms with E-state index >= 15 is 0 Å². The van der Waals surface area contributed by atoms with E-state index in [9.17, 15) is 0 Å². The molecule has 29 heavy (non-hydrogen) atoms. The lowest BCUT2D eigenvalue weighted by molar-refractivity contribution is -0.0136. The predicted molar refractivity (Wildman–Crippen MR) is 117 cm³/mol. The fraction of sp³-hybridized carbons (Fsp3) is 0.269. The van der Waals surface area contributed by atoms with Crippen molar-refractivity contribution in [2.75, 3.05) is 6.61 Å². The number of hydrogen-bond acceptors (Lipinski definition) is 3. The molecule has 0 saturated carbocycles. The normalized spacial score (nSPS) is 29.0. The molecule has 146 valence electrons. The summed E-state index contributed by atoms with van der Waals surface area (Å²) in [5, 5.41) is 3.92. The first-order chi connectivity index (χ1) is 14.2. The molecular formula is C26H26N2O. The van der Waals surface area contributed by atoms with E-state index in [1.165, 1.54) is 16.8 Å². The number of rotatable bonds is 3. The highest BCUT2D eigenvalue weighted by Crippen LogP contribution is 2.47. The van der Waals surface area contributed by atoms with E-state index in [-0.39, 0.29) is 23.7 Å². The van der Waals surface area contributed by atoms with Gasteiger partial charge in [-0.3, -0.25) is 4.99 Å². The molecule has 0 radical (unpaired) electrons. The molecule has 0 bridgehead atoms. The van der Waals surface area contributed by atoms with Gasteiger partial charge in [-0.2, -0.15) is 0 Å². The van der Waals surface area contributed by atoms with Gasteiger partial charge in [-0.15, -0.1) is 0 Å². The van der Waals surface area contributed by atoms with Crippen molar-refractivity contribution in [2.24, 2.45) is 10.4 Å². The van der Waals surface area contributed by atoms with Gasteiger partial charge >= 0.3 is 0 Å². The Kier molecular flexibility index (Phi) is 4.78. The second-order valence-electron chi connectivity index (χ2n) is 8.25. The summed E-state index contributed by atoms with van der Waals surface area (Å²) in [5.41, 5.74) is 4.79. The lowest BCUT2D eigenvalue weighted by Crippen LogP contribution is -2.53. The molecular weight excluding hydrogens is 356 g/mol. The second kappa shape index (κ2) is 7.58. The van der Waals surface area contributed by atoms with Crippen LogP contribution in [0, 0.1) is 5.41 Å². The Morgan fingerprint density at radius 2 is 1.34 bits per heavy atom. The molecule has 3 nitrogen and oxygen atoms in total. The number of ether oxygens (including phenoxy) is 1. The Bertz CT molecular complexity index is 987. The maximum Gasteiger partial charge on any atom is 0.174 e. The summed E-state index contributed by atoms with van der Waals surface area (Å²) in [6.45, 7) is 2.94. The monoisotopic (exact) mass is 382 g/mol. The minimum absolute atomic E-state index is 0.151. The average molecular weight is 383 g/mol. The van der Waals surface area contributed by atoms with Crippen LogP contribution in [0.25, 0.3) is 0 Å². The van der Waals surface area contributed by atoms with E-state index < -0.39 is 0 Å². The zero-order valence-electron chi connectivity index (χ0n) is 16.7. The Morgan fingerprint density at radius 3 is 1.97 bits per heavy atom. The van der Waals surface area contributed by atoms with Crippen molar-refractivity contribution in [1.29, 1.82) is 0 Å². The summed E-state index contributed by atoms with van der Waals surface area (Å²) in [7, 11) is 0. The van der Waals surface area contributed by atoms with E-state index in [2.05, 4.69) is 97.2 Å². The Balaban J connectivity index is 1.57. The lowest BCUT2D eigenvalue weighted by atomic mass is 9.69. The molecule has 4 atom stereocenters. The molecule has 0 aromatic heterocycles. The quantitative estimate of drug-likeness (QED) is 0.636. The molecule has 0 spiro atoms. The van der Waals surface area contributed by atoms with Crippen LogP contribution < -0.4 is 5.32 Å². The highest BCUT2D eigenvalue weighted by Gasteiger charge is 2.48. The maximum atomic E-state index is 6.30. The predicted octanol–water partition coefficient (Wildman–Crippen LogP) is 5.64. The first-order valence-electron chi connectivity index (χ1n) is 10.3. The van der Waals surface area contributed by atoms with Crippen LogP contribution in [0.4, 0.5) is 0 Å². The van der Waals surface area contributed by atoms with Gasteiger partial charge in [-0.25, -0.2) is 0 Å². The van der Waals surface area contributed by atoms with Crippen LogP contribution in [-0.4, -0.2) is 12.3 Å². The molecule has 0 aliphatic carbocycles. The molecule has 1 fully saturated rings. The van der Waals surface area contributed by atoms with Crippen LogP contribution in [0.3, 0.4) is 0 Å². The van der Waals surface area contributed by atoms with Crippen molar-refractivity contribution >= 4 is 5.71 Å². The minimum Gasteiger partial charge on any atom is -0.351 e. The smallest absolute Gasteiger partial charge is 0.174 e. The molecule has 2 heterocycles. The van der Waals surface area contributed by atoms with Gasteiger partial charge in [0.15, 0.2) is 6.23 Å². The summed E-state index contributed by atoms with van der Waals surface area (Å²) in [6, 6.07) is 32.1. The number of piperidine rings is 1. The van der Waals surface area contributed by atoms with Crippen LogP contribution >= 0.6 is 0 Å². The number of nitrogens with zero attached hydrogens (tertiary/aromatic N) is 1. The van der Waals surface area contributed by atoms with Gasteiger partial charge < -0.3 is 10.1 Å².